The van der Waals surface area contributed by atoms with Crippen LogP contribution < -0.4 is 0 Å². The number of likely N-dealkylation sites (N-methyl/N-ethyl adjacent to an activating group) is 1. The van der Waals surface area contributed by atoms with Gasteiger partial charge in [0.2, 0.25) is 0 Å². The molecule has 0 aliphatic heterocycles. The lowest BCUT2D eigenvalue weighted by molar-refractivity contribution is 0.0847. The molecule has 1 saturated carbocycles. The van der Waals surface area contributed by atoms with Crippen LogP contribution in [0.25, 0.3) is 0 Å². The van der Waals surface area contributed by atoms with Crippen LogP contribution in [0.4, 0.5) is 0 Å². The predicted octanol–water partition coefficient (Wildman–Crippen LogP) is 3.03. The molecule has 1 aliphatic carbocycles. The molecule has 0 atom stereocenters. The minimum absolute atomic E-state index is 0.0498. The highest BCUT2D eigenvalue weighted by Gasteiger charge is 2.22. The maximum atomic E-state index is 9.55. The standard InChI is InChI=1S/C17H27NO/c1-3-14-4-6-15(7-5-14)12-13-18(2)16-8-10-17(19)11-9-16/h4-7,16-17,19H,3,8-13H2,1-2H3. The molecule has 106 valence electrons. The van der Waals surface area contributed by atoms with Crippen molar-refractivity contribution in [3.63, 3.8) is 0 Å². The minimum Gasteiger partial charge on any atom is -0.393 e. The summed E-state index contributed by atoms with van der Waals surface area (Å²) in [6.45, 7) is 3.31. The first-order chi connectivity index (χ1) is 9.19. The smallest absolute Gasteiger partial charge is 0.0541 e. The van der Waals surface area contributed by atoms with E-state index in [1.807, 2.05) is 0 Å². The van der Waals surface area contributed by atoms with E-state index in [-0.39, 0.29) is 6.10 Å². The molecule has 2 nitrogen and oxygen atoms in total. The van der Waals surface area contributed by atoms with Crippen molar-refractivity contribution >= 4 is 0 Å². The normalized spacial score (nSPS) is 23.8. The molecule has 0 spiro atoms. The van der Waals surface area contributed by atoms with Gasteiger partial charge in [-0.3, -0.25) is 0 Å². The monoisotopic (exact) mass is 261 g/mol. The second-order valence-corrected chi connectivity index (χ2v) is 5.86. The molecule has 0 unspecified atom stereocenters. The van der Waals surface area contributed by atoms with Gasteiger partial charge >= 0.3 is 0 Å². The lowest BCUT2D eigenvalue weighted by Gasteiger charge is -2.33. The van der Waals surface area contributed by atoms with Crippen molar-refractivity contribution in [3.05, 3.63) is 35.4 Å². The fourth-order valence-corrected chi connectivity index (χ4v) is 2.93. The van der Waals surface area contributed by atoms with E-state index in [9.17, 15) is 5.11 Å². The summed E-state index contributed by atoms with van der Waals surface area (Å²) in [6, 6.07) is 9.67. The molecular formula is C17H27NO. The topological polar surface area (TPSA) is 23.5 Å². The molecule has 1 aromatic rings. The van der Waals surface area contributed by atoms with Crippen molar-refractivity contribution in [1.29, 1.82) is 0 Å². The zero-order chi connectivity index (χ0) is 13.7. The fourth-order valence-electron chi connectivity index (χ4n) is 2.93. The van der Waals surface area contributed by atoms with E-state index in [0.29, 0.717) is 6.04 Å². The number of aryl methyl sites for hydroxylation is 1. The number of hydrogen-bond donors (Lipinski definition) is 1. The molecule has 1 N–H and O–H groups in total. The molecule has 0 bridgehead atoms. The van der Waals surface area contributed by atoms with Crippen LogP contribution in [0, 0.1) is 0 Å². The SMILES string of the molecule is CCc1ccc(CCN(C)C2CCC(O)CC2)cc1. The van der Waals surface area contributed by atoms with Crippen LogP contribution in [0.2, 0.25) is 0 Å². The number of benzene rings is 1. The van der Waals surface area contributed by atoms with Crippen LogP contribution in [-0.2, 0) is 12.8 Å². The molecule has 2 heteroatoms. The quantitative estimate of drug-likeness (QED) is 0.880. The van der Waals surface area contributed by atoms with Crippen LogP contribution in [0.1, 0.15) is 43.7 Å². The highest BCUT2D eigenvalue weighted by Crippen LogP contribution is 2.22. The Balaban J connectivity index is 1.77. The largest absolute Gasteiger partial charge is 0.393 e. The van der Waals surface area contributed by atoms with Crippen molar-refractivity contribution in [3.8, 4) is 0 Å². The Labute approximate surface area is 117 Å². The van der Waals surface area contributed by atoms with Gasteiger partial charge in [-0.2, -0.15) is 0 Å². The number of aliphatic hydroxyl groups is 1. The highest BCUT2D eigenvalue weighted by atomic mass is 16.3. The fraction of sp³-hybridized carbons (Fsp3) is 0.647. The van der Waals surface area contributed by atoms with Crippen LogP contribution >= 0.6 is 0 Å². The van der Waals surface area contributed by atoms with Crippen molar-refractivity contribution in [1.82, 2.24) is 4.90 Å². The van der Waals surface area contributed by atoms with Gasteiger partial charge in [-0.1, -0.05) is 31.2 Å². The van der Waals surface area contributed by atoms with Gasteiger partial charge < -0.3 is 10.0 Å². The summed E-state index contributed by atoms with van der Waals surface area (Å²) in [7, 11) is 2.22. The molecule has 0 amide bonds. The lowest BCUT2D eigenvalue weighted by Crippen LogP contribution is -2.37. The van der Waals surface area contributed by atoms with Gasteiger partial charge in [0, 0.05) is 12.6 Å². The first-order valence-electron chi connectivity index (χ1n) is 7.65. The lowest BCUT2D eigenvalue weighted by atomic mass is 9.92. The molecule has 0 aromatic heterocycles. The molecule has 1 aliphatic rings. The van der Waals surface area contributed by atoms with Crippen molar-refractivity contribution in [2.24, 2.45) is 0 Å². The van der Waals surface area contributed by atoms with Crippen molar-refractivity contribution in [2.75, 3.05) is 13.6 Å². The van der Waals surface area contributed by atoms with Gasteiger partial charge in [0.25, 0.3) is 0 Å². The van der Waals surface area contributed by atoms with E-state index in [1.165, 1.54) is 11.1 Å². The van der Waals surface area contributed by atoms with Crippen molar-refractivity contribution < 1.29 is 5.11 Å². The Morgan fingerprint density at radius 3 is 2.21 bits per heavy atom. The Kier molecular flexibility index (Phi) is 5.41. The number of nitrogens with zero attached hydrogens (tertiary/aromatic N) is 1. The number of aliphatic hydroxyl groups excluding tert-OH is 1. The number of rotatable bonds is 5. The average Bonchev–Trinajstić information content (AvgIpc) is 2.46. The van der Waals surface area contributed by atoms with Gasteiger partial charge in [-0.15, -0.1) is 0 Å². The maximum Gasteiger partial charge on any atom is 0.0541 e. The molecule has 1 aromatic carbocycles. The number of hydrogen-bond acceptors (Lipinski definition) is 2. The zero-order valence-corrected chi connectivity index (χ0v) is 12.3. The molecular weight excluding hydrogens is 234 g/mol. The second-order valence-electron chi connectivity index (χ2n) is 5.86. The van der Waals surface area contributed by atoms with E-state index >= 15 is 0 Å². The molecule has 0 radical (unpaired) electrons. The summed E-state index contributed by atoms with van der Waals surface area (Å²) < 4.78 is 0. The van der Waals surface area contributed by atoms with E-state index in [0.717, 1.165) is 45.1 Å². The summed E-state index contributed by atoms with van der Waals surface area (Å²) >= 11 is 0. The van der Waals surface area contributed by atoms with Gasteiger partial charge in [0.05, 0.1) is 6.10 Å². The maximum absolute atomic E-state index is 9.55. The first-order valence-corrected chi connectivity index (χ1v) is 7.65. The third-order valence-electron chi connectivity index (χ3n) is 4.47. The molecule has 2 rings (SSSR count). The van der Waals surface area contributed by atoms with Crippen molar-refractivity contribution in [2.45, 2.75) is 57.6 Å². The molecule has 0 saturated heterocycles. The van der Waals surface area contributed by atoms with Gasteiger partial charge in [-0.25, -0.2) is 0 Å². The van der Waals surface area contributed by atoms with Crippen LogP contribution in [0.3, 0.4) is 0 Å². The van der Waals surface area contributed by atoms with Gasteiger partial charge in [0.1, 0.15) is 0 Å². The molecule has 19 heavy (non-hydrogen) atoms. The summed E-state index contributed by atoms with van der Waals surface area (Å²) in [4.78, 5) is 2.47. The molecule has 0 heterocycles. The predicted molar refractivity (Wildman–Crippen MR) is 80.4 cm³/mol. The van der Waals surface area contributed by atoms with Gasteiger partial charge in [0.15, 0.2) is 0 Å². The summed E-state index contributed by atoms with van der Waals surface area (Å²) in [5.74, 6) is 0. The van der Waals surface area contributed by atoms with E-state index in [4.69, 9.17) is 0 Å². The summed E-state index contributed by atoms with van der Waals surface area (Å²) in [5.41, 5.74) is 2.85. The Morgan fingerprint density at radius 2 is 1.63 bits per heavy atom. The third kappa shape index (κ3) is 4.32. The average molecular weight is 261 g/mol. The Hall–Kier alpha value is -0.860. The van der Waals surface area contributed by atoms with E-state index < -0.39 is 0 Å². The third-order valence-corrected chi connectivity index (χ3v) is 4.47. The Bertz CT molecular complexity index is 365. The zero-order valence-electron chi connectivity index (χ0n) is 12.3. The van der Waals surface area contributed by atoms with E-state index in [1.54, 1.807) is 0 Å². The van der Waals surface area contributed by atoms with E-state index in [2.05, 4.69) is 43.1 Å². The minimum atomic E-state index is -0.0498. The Morgan fingerprint density at radius 1 is 1.05 bits per heavy atom. The summed E-state index contributed by atoms with van der Waals surface area (Å²) in [6.07, 6.45) is 6.43. The van der Waals surface area contributed by atoms with Crippen LogP contribution in [-0.4, -0.2) is 35.7 Å². The van der Waals surface area contributed by atoms with Crippen LogP contribution in [0.5, 0.6) is 0 Å². The molecule has 1 fully saturated rings. The van der Waals surface area contributed by atoms with Crippen LogP contribution in [0.15, 0.2) is 24.3 Å². The second kappa shape index (κ2) is 7.06. The highest BCUT2D eigenvalue weighted by molar-refractivity contribution is 5.22. The van der Waals surface area contributed by atoms with Gasteiger partial charge in [-0.05, 0) is 56.7 Å². The first kappa shape index (κ1) is 14.5. The summed E-state index contributed by atoms with van der Waals surface area (Å²) in [5, 5.41) is 9.55.